The van der Waals surface area contributed by atoms with Crippen LogP contribution < -0.4 is 10.1 Å². The van der Waals surface area contributed by atoms with E-state index in [2.05, 4.69) is 5.32 Å². The number of nitrogens with one attached hydrogen (secondary N) is 1. The number of hydrogen-bond donors (Lipinski definition) is 2. The molecule has 5 nitrogen and oxygen atoms in total. The topological polar surface area (TPSA) is 75.6 Å². The van der Waals surface area contributed by atoms with Gasteiger partial charge in [0.2, 0.25) is 5.91 Å². The second-order valence-electron chi connectivity index (χ2n) is 3.64. The molecule has 1 aromatic rings. The molecule has 0 spiro atoms. The number of hydrogen-bond acceptors (Lipinski definition) is 3. The molecule has 0 saturated carbocycles. The summed E-state index contributed by atoms with van der Waals surface area (Å²) in [6.45, 7) is 1.45. The highest BCUT2D eigenvalue weighted by Crippen LogP contribution is 2.27. The van der Waals surface area contributed by atoms with Gasteiger partial charge in [0, 0.05) is 11.8 Å². The predicted molar refractivity (Wildman–Crippen MR) is 56.5 cm³/mol. The van der Waals surface area contributed by atoms with E-state index in [0.717, 1.165) is 5.56 Å². The summed E-state index contributed by atoms with van der Waals surface area (Å²) in [5.41, 5.74) is 1.60. The Bertz CT molecular complexity index is 455. The Balaban J connectivity index is 2.16. The summed E-state index contributed by atoms with van der Waals surface area (Å²) in [5, 5.41) is 11.4. The van der Waals surface area contributed by atoms with Gasteiger partial charge in [0.05, 0.1) is 6.42 Å². The number of carboxylic acids is 1. The fourth-order valence-corrected chi connectivity index (χ4v) is 1.52. The fraction of sp³-hybridized carbons (Fsp3) is 0.273. The van der Waals surface area contributed by atoms with Gasteiger partial charge >= 0.3 is 5.97 Å². The maximum Gasteiger partial charge on any atom is 0.344 e. The number of ether oxygens (including phenoxy) is 1. The van der Waals surface area contributed by atoms with E-state index in [-0.39, 0.29) is 5.91 Å². The maximum absolute atomic E-state index is 11.1. The molecular weight excluding hydrogens is 210 g/mol. The fourth-order valence-electron chi connectivity index (χ4n) is 1.52. The molecule has 0 aromatic heterocycles. The Morgan fingerprint density at radius 2 is 2.31 bits per heavy atom. The Hall–Kier alpha value is -2.04. The van der Waals surface area contributed by atoms with Crippen LogP contribution in [0.5, 0.6) is 5.75 Å². The summed E-state index contributed by atoms with van der Waals surface area (Å²) >= 11 is 0. The van der Waals surface area contributed by atoms with E-state index in [4.69, 9.17) is 9.84 Å². The average Bonchev–Trinajstić information content (AvgIpc) is 2.57. The van der Waals surface area contributed by atoms with E-state index >= 15 is 0 Å². The van der Waals surface area contributed by atoms with Crippen LogP contribution >= 0.6 is 0 Å². The molecule has 1 atom stereocenters. The van der Waals surface area contributed by atoms with Gasteiger partial charge in [0.15, 0.2) is 6.10 Å². The van der Waals surface area contributed by atoms with Crippen LogP contribution in [0.25, 0.3) is 0 Å². The van der Waals surface area contributed by atoms with Gasteiger partial charge in [-0.3, -0.25) is 4.79 Å². The second-order valence-corrected chi connectivity index (χ2v) is 3.64. The van der Waals surface area contributed by atoms with Crippen molar-refractivity contribution in [1.82, 2.24) is 0 Å². The molecule has 0 radical (unpaired) electrons. The van der Waals surface area contributed by atoms with Gasteiger partial charge in [-0.15, -0.1) is 0 Å². The number of carbonyl (C=O) groups excluding carboxylic acids is 1. The molecule has 1 amide bonds. The first kappa shape index (κ1) is 10.5. The van der Waals surface area contributed by atoms with Gasteiger partial charge in [-0.1, -0.05) is 6.07 Å². The first-order chi connectivity index (χ1) is 7.56. The molecule has 0 aliphatic carbocycles. The van der Waals surface area contributed by atoms with E-state index in [1.165, 1.54) is 6.92 Å². The minimum absolute atomic E-state index is 0.0570. The number of rotatable bonds is 3. The monoisotopic (exact) mass is 221 g/mol. The van der Waals surface area contributed by atoms with Crippen molar-refractivity contribution in [1.29, 1.82) is 0 Å². The molecule has 84 valence electrons. The Morgan fingerprint density at radius 1 is 1.56 bits per heavy atom. The molecule has 1 aliphatic rings. The smallest absolute Gasteiger partial charge is 0.344 e. The lowest BCUT2D eigenvalue weighted by molar-refractivity contribution is -0.144. The SMILES string of the molecule is CC(Oc1ccc2c(c1)NC(=O)C2)C(=O)O. The van der Waals surface area contributed by atoms with Crippen LogP contribution in [0.4, 0.5) is 5.69 Å². The molecule has 2 rings (SSSR count). The van der Waals surface area contributed by atoms with Crippen LogP contribution in [0.2, 0.25) is 0 Å². The molecule has 0 saturated heterocycles. The summed E-state index contributed by atoms with van der Waals surface area (Å²) in [6.07, 6.45) is -0.542. The van der Waals surface area contributed by atoms with Crippen molar-refractivity contribution < 1.29 is 19.4 Å². The van der Waals surface area contributed by atoms with E-state index in [1.54, 1.807) is 18.2 Å². The lowest BCUT2D eigenvalue weighted by atomic mass is 10.1. The molecule has 0 fully saturated rings. The number of benzene rings is 1. The Morgan fingerprint density at radius 3 is 3.00 bits per heavy atom. The van der Waals surface area contributed by atoms with E-state index < -0.39 is 12.1 Å². The van der Waals surface area contributed by atoms with Crippen molar-refractivity contribution in [2.45, 2.75) is 19.4 Å². The number of fused-ring (bicyclic) bond motifs is 1. The van der Waals surface area contributed by atoms with Gasteiger partial charge in [-0.05, 0) is 18.6 Å². The zero-order valence-corrected chi connectivity index (χ0v) is 8.69. The second kappa shape index (κ2) is 3.84. The van der Waals surface area contributed by atoms with Gasteiger partial charge in [0.25, 0.3) is 0 Å². The predicted octanol–water partition coefficient (Wildman–Crippen LogP) is 1.03. The molecule has 1 heterocycles. The quantitative estimate of drug-likeness (QED) is 0.799. The van der Waals surface area contributed by atoms with Gasteiger partial charge in [-0.25, -0.2) is 4.79 Å². The normalized spacial score (nSPS) is 15.2. The molecular formula is C11H11NO4. The van der Waals surface area contributed by atoms with E-state index in [1.807, 2.05) is 0 Å². The van der Waals surface area contributed by atoms with Crippen molar-refractivity contribution in [3.8, 4) is 5.75 Å². The molecule has 1 aromatic carbocycles. The third-order valence-electron chi connectivity index (χ3n) is 2.37. The lowest BCUT2D eigenvalue weighted by Crippen LogP contribution is -2.22. The van der Waals surface area contributed by atoms with E-state index in [9.17, 15) is 9.59 Å². The van der Waals surface area contributed by atoms with Gasteiger partial charge in [-0.2, -0.15) is 0 Å². The highest BCUT2D eigenvalue weighted by molar-refractivity contribution is 5.99. The minimum Gasteiger partial charge on any atom is -0.479 e. The van der Waals surface area contributed by atoms with Crippen molar-refractivity contribution in [3.05, 3.63) is 23.8 Å². The molecule has 1 aliphatic heterocycles. The summed E-state index contributed by atoms with van der Waals surface area (Å²) in [5.74, 6) is -0.640. The maximum atomic E-state index is 11.1. The Kier molecular flexibility index (Phi) is 2.52. The van der Waals surface area contributed by atoms with E-state index in [0.29, 0.717) is 17.9 Å². The third-order valence-corrected chi connectivity index (χ3v) is 2.37. The minimum atomic E-state index is -1.02. The van der Waals surface area contributed by atoms with Crippen molar-refractivity contribution in [3.63, 3.8) is 0 Å². The third kappa shape index (κ3) is 1.98. The number of carbonyl (C=O) groups is 2. The number of anilines is 1. The average molecular weight is 221 g/mol. The van der Waals surface area contributed by atoms with Crippen LogP contribution in [0.15, 0.2) is 18.2 Å². The molecule has 0 bridgehead atoms. The zero-order valence-electron chi connectivity index (χ0n) is 8.69. The van der Waals surface area contributed by atoms with Gasteiger partial charge < -0.3 is 15.2 Å². The van der Waals surface area contributed by atoms with Crippen LogP contribution in [-0.2, 0) is 16.0 Å². The standard InChI is InChI=1S/C11H11NO4/c1-6(11(14)15)16-8-3-2-7-4-10(13)12-9(7)5-8/h2-3,5-6H,4H2,1H3,(H,12,13)(H,14,15). The summed E-state index contributed by atoms with van der Waals surface area (Å²) in [4.78, 5) is 21.7. The number of amides is 1. The number of aliphatic carboxylic acids is 1. The zero-order chi connectivity index (χ0) is 11.7. The van der Waals surface area contributed by atoms with Crippen molar-refractivity contribution >= 4 is 17.6 Å². The highest BCUT2D eigenvalue weighted by atomic mass is 16.5. The van der Waals surface area contributed by atoms with Crippen LogP contribution in [-0.4, -0.2) is 23.1 Å². The molecule has 5 heteroatoms. The molecule has 2 N–H and O–H groups in total. The van der Waals surface area contributed by atoms with Crippen molar-refractivity contribution in [2.75, 3.05) is 5.32 Å². The number of carboxylic acid groups (broad SMARTS) is 1. The summed E-state index contributed by atoms with van der Waals surface area (Å²) < 4.78 is 5.19. The van der Waals surface area contributed by atoms with Crippen LogP contribution in [0.1, 0.15) is 12.5 Å². The molecule has 16 heavy (non-hydrogen) atoms. The Labute approximate surface area is 92.0 Å². The molecule has 1 unspecified atom stereocenters. The lowest BCUT2D eigenvalue weighted by Gasteiger charge is -2.11. The largest absolute Gasteiger partial charge is 0.479 e. The van der Waals surface area contributed by atoms with Crippen molar-refractivity contribution in [2.24, 2.45) is 0 Å². The van der Waals surface area contributed by atoms with Crippen LogP contribution in [0.3, 0.4) is 0 Å². The first-order valence-electron chi connectivity index (χ1n) is 4.88. The van der Waals surface area contributed by atoms with Gasteiger partial charge in [0.1, 0.15) is 5.75 Å². The summed E-state index contributed by atoms with van der Waals surface area (Å²) in [7, 11) is 0. The summed E-state index contributed by atoms with van der Waals surface area (Å²) in [6, 6.07) is 5.06. The van der Waals surface area contributed by atoms with Crippen LogP contribution in [0, 0.1) is 0 Å². The highest BCUT2D eigenvalue weighted by Gasteiger charge is 2.19. The first-order valence-corrected chi connectivity index (χ1v) is 4.88.